The molecule has 7 heteroatoms. The largest absolute Gasteiger partial charge is 0.497 e. The Morgan fingerprint density at radius 3 is 2.59 bits per heavy atom. The van der Waals surface area contributed by atoms with Crippen LogP contribution in [0.3, 0.4) is 0 Å². The molecule has 0 atom stereocenters. The lowest BCUT2D eigenvalue weighted by atomic mass is 10.3. The topological polar surface area (TPSA) is 80.7 Å². The number of benzene rings is 1. The second kappa shape index (κ2) is 6.84. The fourth-order valence-electron chi connectivity index (χ4n) is 2.02. The molecule has 0 aliphatic rings. The van der Waals surface area contributed by atoms with Crippen molar-refractivity contribution < 1.29 is 4.74 Å². The van der Waals surface area contributed by atoms with Gasteiger partial charge in [0.05, 0.1) is 25.5 Å². The number of nitrogens with one attached hydrogen (secondary N) is 1. The van der Waals surface area contributed by atoms with Crippen molar-refractivity contribution in [1.29, 1.82) is 0 Å². The van der Waals surface area contributed by atoms with Gasteiger partial charge in [-0.1, -0.05) is 0 Å². The maximum Gasteiger partial charge on any atom is 0.204 e. The molecule has 22 heavy (non-hydrogen) atoms. The Hall–Kier alpha value is -2.70. The maximum atomic E-state index is 5.91. The standard InChI is InChI=1S/C15H22N6O/c1-20(2)15-18-10-12(21(15)3)9-17-14(16)19-11-5-7-13(22-4)8-6-11/h5-8,10H,9H2,1-4H3,(H3,16,17,19). The lowest BCUT2D eigenvalue weighted by Gasteiger charge is -2.12. The van der Waals surface area contributed by atoms with Crippen molar-refractivity contribution in [3.8, 4) is 5.75 Å². The van der Waals surface area contributed by atoms with E-state index >= 15 is 0 Å². The van der Waals surface area contributed by atoms with Crippen LogP contribution < -0.4 is 20.7 Å². The monoisotopic (exact) mass is 302 g/mol. The quantitative estimate of drug-likeness (QED) is 0.645. The number of imidazole rings is 1. The molecule has 118 valence electrons. The highest BCUT2D eigenvalue weighted by atomic mass is 16.5. The molecular formula is C15H22N6O. The molecule has 0 unspecified atom stereocenters. The molecule has 0 radical (unpaired) electrons. The number of ether oxygens (including phenoxy) is 1. The van der Waals surface area contributed by atoms with Gasteiger partial charge in [0.2, 0.25) is 5.95 Å². The van der Waals surface area contributed by atoms with Gasteiger partial charge in [0, 0.05) is 26.8 Å². The van der Waals surface area contributed by atoms with Crippen molar-refractivity contribution in [3.05, 3.63) is 36.2 Å². The number of rotatable bonds is 5. The summed E-state index contributed by atoms with van der Waals surface area (Å²) in [5.41, 5.74) is 7.76. The number of hydrogen-bond donors (Lipinski definition) is 2. The minimum atomic E-state index is 0.359. The second-order valence-electron chi connectivity index (χ2n) is 5.06. The molecule has 2 aromatic rings. The van der Waals surface area contributed by atoms with Gasteiger partial charge in [-0.05, 0) is 24.3 Å². The van der Waals surface area contributed by atoms with Crippen LogP contribution in [0.4, 0.5) is 11.6 Å². The summed E-state index contributed by atoms with van der Waals surface area (Å²) in [6, 6.07) is 7.49. The average Bonchev–Trinajstić information content (AvgIpc) is 2.87. The summed E-state index contributed by atoms with van der Waals surface area (Å²) in [4.78, 5) is 10.6. The SMILES string of the molecule is COc1ccc(NC(N)=NCc2cnc(N(C)C)n2C)cc1. The van der Waals surface area contributed by atoms with E-state index in [-0.39, 0.29) is 0 Å². The molecule has 1 aromatic carbocycles. The zero-order valence-electron chi connectivity index (χ0n) is 13.4. The van der Waals surface area contributed by atoms with Crippen LogP contribution in [0.15, 0.2) is 35.5 Å². The third-order valence-electron chi connectivity index (χ3n) is 3.23. The first-order chi connectivity index (χ1) is 10.5. The van der Waals surface area contributed by atoms with E-state index in [1.54, 1.807) is 13.3 Å². The fraction of sp³-hybridized carbons (Fsp3) is 0.333. The van der Waals surface area contributed by atoms with E-state index in [1.165, 1.54) is 0 Å². The van der Waals surface area contributed by atoms with Crippen LogP contribution in [0.5, 0.6) is 5.75 Å². The predicted molar refractivity (Wildman–Crippen MR) is 89.5 cm³/mol. The molecule has 1 aromatic heterocycles. The predicted octanol–water partition coefficient (Wildman–Crippen LogP) is 1.42. The third kappa shape index (κ3) is 3.69. The summed E-state index contributed by atoms with van der Waals surface area (Å²) in [6.45, 7) is 0.465. The summed E-state index contributed by atoms with van der Waals surface area (Å²) < 4.78 is 7.10. The van der Waals surface area contributed by atoms with Crippen LogP contribution >= 0.6 is 0 Å². The normalized spacial score (nSPS) is 11.4. The van der Waals surface area contributed by atoms with Gasteiger partial charge in [0.15, 0.2) is 5.96 Å². The van der Waals surface area contributed by atoms with Gasteiger partial charge in [-0.3, -0.25) is 0 Å². The summed E-state index contributed by atoms with van der Waals surface area (Å²) >= 11 is 0. The average molecular weight is 302 g/mol. The highest BCUT2D eigenvalue weighted by molar-refractivity contribution is 5.92. The van der Waals surface area contributed by atoms with Crippen molar-refractivity contribution >= 4 is 17.6 Å². The minimum Gasteiger partial charge on any atom is -0.497 e. The molecule has 0 aliphatic heterocycles. The third-order valence-corrected chi connectivity index (χ3v) is 3.23. The molecule has 0 saturated heterocycles. The van der Waals surface area contributed by atoms with E-state index in [4.69, 9.17) is 10.5 Å². The number of aromatic nitrogens is 2. The van der Waals surface area contributed by atoms with Crippen LogP contribution in [0.2, 0.25) is 0 Å². The number of methoxy groups -OCH3 is 1. The first-order valence-corrected chi connectivity index (χ1v) is 6.90. The molecule has 0 amide bonds. The Labute approximate surface area is 130 Å². The Balaban J connectivity index is 2.00. The number of nitrogens with zero attached hydrogens (tertiary/aromatic N) is 4. The molecular weight excluding hydrogens is 280 g/mol. The zero-order chi connectivity index (χ0) is 16.1. The van der Waals surface area contributed by atoms with E-state index in [2.05, 4.69) is 15.3 Å². The van der Waals surface area contributed by atoms with E-state index in [0.717, 1.165) is 23.1 Å². The molecule has 2 rings (SSSR count). The first kappa shape index (κ1) is 15.7. The van der Waals surface area contributed by atoms with E-state index in [0.29, 0.717) is 12.5 Å². The lowest BCUT2D eigenvalue weighted by Crippen LogP contribution is -2.22. The molecule has 0 bridgehead atoms. The summed E-state index contributed by atoms with van der Waals surface area (Å²) in [7, 11) is 7.50. The lowest BCUT2D eigenvalue weighted by molar-refractivity contribution is 0.415. The minimum absolute atomic E-state index is 0.359. The summed E-state index contributed by atoms with van der Waals surface area (Å²) in [5.74, 6) is 2.04. The number of guanidine groups is 1. The van der Waals surface area contributed by atoms with E-state index < -0.39 is 0 Å². The Morgan fingerprint density at radius 2 is 2.05 bits per heavy atom. The molecule has 0 spiro atoms. The molecule has 0 fully saturated rings. The highest BCUT2D eigenvalue weighted by Crippen LogP contribution is 2.15. The van der Waals surface area contributed by atoms with Crippen LogP contribution in [0.25, 0.3) is 0 Å². The summed E-state index contributed by atoms with van der Waals surface area (Å²) in [5, 5.41) is 3.04. The van der Waals surface area contributed by atoms with Gasteiger partial charge >= 0.3 is 0 Å². The van der Waals surface area contributed by atoms with Gasteiger partial charge in [-0.25, -0.2) is 9.98 Å². The number of anilines is 2. The van der Waals surface area contributed by atoms with Gasteiger partial charge in [0.1, 0.15) is 5.75 Å². The van der Waals surface area contributed by atoms with Gasteiger partial charge in [-0.2, -0.15) is 0 Å². The van der Waals surface area contributed by atoms with E-state index in [1.807, 2.05) is 54.9 Å². The molecule has 0 aliphatic carbocycles. The molecule has 0 saturated carbocycles. The number of hydrogen-bond acceptors (Lipinski definition) is 4. The maximum absolute atomic E-state index is 5.91. The van der Waals surface area contributed by atoms with Gasteiger partial charge in [0.25, 0.3) is 0 Å². The van der Waals surface area contributed by atoms with Gasteiger partial charge < -0.3 is 25.3 Å². The molecule has 1 heterocycles. The van der Waals surface area contributed by atoms with E-state index in [9.17, 15) is 0 Å². The van der Waals surface area contributed by atoms with Crippen molar-refractivity contribution in [2.75, 3.05) is 31.4 Å². The van der Waals surface area contributed by atoms with Crippen molar-refractivity contribution in [2.45, 2.75) is 6.54 Å². The fourth-order valence-corrected chi connectivity index (χ4v) is 2.02. The van der Waals surface area contributed by atoms with Crippen molar-refractivity contribution in [2.24, 2.45) is 17.8 Å². The van der Waals surface area contributed by atoms with Gasteiger partial charge in [-0.15, -0.1) is 0 Å². The second-order valence-corrected chi connectivity index (χ2v) is 5.06. The number of nitrogens with two attached hydrogens (primary N) is 1. The first-order valence-electron chi connectivity index (χ1n) is 6.90. The van der Waals surface area contributed by atoms with Crippen LogP contribution in [0, 0.1) is 0 Å². The zero-order valence-corrected chi connectivity index (χ0v) is 13.4. The van der Waals surface area contributed by atoms with Crippen LogP contribution in [0.1, 0.15) is 5.69 Å². The Bertz CT molecular complexity index is 645. The van der Waals surface area contributed by atoms with Crippen molar-refractivity contribution in [1.82, 2.24) is 9.55 Å². The molecule has 3 N–H and O–H groups in total. The Morgan fingerprint density at radius 1 is 1.36 bits per heavy atom. The Kier molecular flexibility index (Phi) is 4.88. The highest BCUT2D eigenvalue weighted by Gasteiger charge is 2.07. The van der Waals surface area contributed by atoms with Crippen LogP contribution in [-0.2, 0) is 13.6 Å². The van der Waals surface area contributed by atoms with Crippen LogP contribution in [-0.4, -0.2) is 36.7 Å². The smallest absolute Gasteiger partial charge is 0.204 e. The molecule has 7 nitrogen and oxygen atoms in total. The number of aliphatic imine (C=N–C) groups is 1. The summed E-state index contributed by atoms with van der Waals surface area (Å²) in [6.07, 6.45) is 1.81. The van der Waals surface area contributed by atoms with Crippen molar-refractivity contribution in [3.63, 3.8) is 0 Å².